The van der Waals surface area contributed by atoms with Gasteiger partial charge in [-0.15, -0.1) is 0 Å². The van der Waals surface area contributed by atoms with Crippen molar-refractivity contribution in [1.29, 1.82) is 0 Å². The lowest BCUT2D eigenvalue weighted by molar-refractivity contribution is -0.00896. The summed E-state index contributed by atoms with van der Waals surface area (Å²) in [6.07, 6.45) is 2.59. The smallest absolute Gasteiger partial charge is 0.409 e. The Morgan fingerprint density at radius 2 is 1.96 bits per heavy atom. The third-order valence-corrected chi connectivity index (χ3v) is 10.2. The lowest BCUT2D eigenvalue weighted by atomic mass is 9.88. The lowest BCUT2D eigenvalue weighted by Gasteiger charge is -2.38. The molecule has 260 valence electrons. The van der Waals surface area contributed by atoms with Gasteiger partial charge in [-0.3, -0.25) is 0 Å². The van der Waals surface area contributed by atoms with E-state index in [1.54, 1.807) is 18.0 Å². The first-order valence-corrected chi connectivity index (χ1v) is 20.3. The minimum Gasteiger partial charge on any atom is -0.453 e. The zero-order chi connectivity index (χ0) is 33.7. The van der Waals surface area contributed by atoms with Gasteiger partial charge >= 0.3 is 18.2 Å². The van der Waals surface area contributed by atoms with E-state index >= 15 is 0 Å². The molecule has 2 heterocycles. The molecule has 46 heavy (non-hydrogen) atoms. The van der Waals surface area contributed by atoms with Crippen LogP contribution in [-0.2, 0) is 18.9 Å². The zero-order valence-electron chi connectivity index (χ0n) is 27.9. The number of piperidine rings is 1. The van der Waals surface area contributed by atoms with Gasteiger partial charge in [-0.2, -0.15) is 0 Å². The number of carbonyl (C=O) groups excluding carboxylic acids is 3. The molecule has 0 radical (unpaired) electrons. The molecule has 0 saturated carbocycles. The van der Waals surface area contributed by atoms with Crippen molar-refractivity contribution in [2.24, 2.45) is 11.8 Å². The maximum Gasteiger partial charge on any atom is 0.409 e. The van der Waals surface area contributed by atoms with Crippen molar-refractivity contribution >= 4 is 37.9 Å². The predicted octanol–water partition coefficient (Wildman–Crippen LogP) is 5.91. The first-order chi connectivity index (χ1) is 21.8. The number of halogens is 2. The normalized spacial score (nSPS) is 19.9. The van der Waals surface area contributed by atoms with Gasteiger partial charge in [0.05, 0.1) is 26.4 Å². The summed E-state index contributed by atoms with van der Waals surface area (Å²) in [7, 11) is 1.63. The van der Waals surface area contributed by atoms with E-state index in [0.717, 1.165) is 38.3 Å². The van der Waals surface area contributed by atoms with Crippen LogP contribution >= 0.6 is 11.6 Å². The average molecular weight is 687 g/mol. The number of ether oxygens (including phenoxy) is 4. The number of carbonyl (C=O) groups is 3. The fourth-order valence-corrected chi connectivity index (χ4v) is 6.84. The van der Waals surface area contributed by atoms with Gasteiger partial charge in [0.15, 0.2) is 0 Å². The summed E-state index contributed by atoms with van der Waals surface area (Å²) < 4.78 is 36.4. The molecular formula is C32H52ClFN4O7Si. The largest absolute Gasteiger partial charge is 0.453 e. The molecule has 3 rings (SSSR count). The Hall–Kier alpha value is -2.61. The second-order valence-electron chi connectivity index (χ2n) is 13.5. The number of methoxy groups -OCH3 is 1. The van der Waals surface area contributed by atoms with Crippen molar-refractivity contribution in [2.45, 2.75) is 69.9 Å². The molecule has 4 atom stereocenters. The van der Waals surface area contributed by atoms with E-state index in [-0.39, 0.29) is 42.1 Å². The number of nitrogens with one attached hydrogen (secondary N) is 2. The number of nitrogens with zero attached hydrogens (tertiary/aromatic N) is 2. The Bertz CT molecular complexity index is 1120. The van der Waals surface area contributed by atoms with Crippen molar-refractivity contribution in [1.82, 2.24) is 20.4 Å². The Morgan fingerprint density at radius 1 is 1.17 bits per heavy atom. The van der Waals surface area contributed by atoms with E-state index in [1.165, 1.54) is 24.1 Å². The summed E-state index contributed by atoms with van der Waals surface area (Å²) in [6.45, 7) is 10.1. The molecular weight excluding hydrogens is 635 g/mol. The minimum atomic E-state index is -1.35. The Balaban J connectivity index is 1.68. The molecule has 0 unspecified atom stereocenters. The third-order valence-electron chi connectivity index (χ3n) is 8.32. The number of likely N-dealkylation sites (N-methyl/N-ethyl adjacent to an activating group) is 1. The third kappa shape index (κ3) is 13.2. The van der Waals surface area contributed by atoms with Crippen LogP contribution in [0.15, 0.2) is 18.2 Å². The molecule has 11 nitrogen and oxygen atoms in total. The second-order valence-corrected chi connectivity index (χ2v) is 19.6. The predicted molar refractivity (Wildman–Crippen MR) is 177 cm³/mol. The number of benzene rings is 1. The molecule has 2 saturated heterocycles. The Kier molecular flexibility index (Phi) is 15.3. The SMILES string of the molecule is COC(=O)NCCO[C@@H](c1cc(F)cc(Cl)c1)[C@@H]1CCCN(C(=O)N[C@@H](C[C@H]2CCCOC2)CN(C)C(=O)OCC[Si](C)(C)C)C1. The number of likely N-dealkylation sites (tertiary alicyclic amines) is 1. The second kappa shape index (κ2) is 18.7. The summed E-state index contributed by atoms with van der Waals surface area (Å²) in [4.78, 5) is 41.3. The molecule has 1 aromatic rings. The van der Waals surface area contributed by atoms with E-state index in [1.807, 2.05) is 0 Å². The number of rotatable bonds is 14. The van der Waals surface area contributed by atoms with Crippen LogP contribution in [0.25, 0.3) is 0 Å². The van der Waals surface area contributed by atoms with E-state index in [9.17, 15) is 18.8 Å². The number of hydrogen-bond acceptors (Lipinski definition) is 7. The van der Waals surface area contributed by atoms with Crippen LogP contribution in [0.1, 0.15) is 43.8 Å². The summed E-state index contributed by atoms with van der Waals surface area (Å²) in [5.74, 6) is -0.352. The van der Waals surface area contributed by atoms with Gasteiger partial charge in [-0.05, 0) is 67.8 Å². The van der Waals surface area contributed by atoms with Crippen molar-refractivity contribution in [2.75, 3.05) is 66.8 Å². The molecule has 0 aromatic heterocycles. The first kappa shape index (κ1) is 37.8. The van der Waals surface area contributed by atoms with Crippen LogP contribution in [0, 0.1) is 17.7 Å². The highest BCUT2D eigenvalue weighted by Gasteiger charge is 2.33. The summed E-state index contributed by atoms with van der Waals surface area (Å²) >= 11 is 6.20. The minimum absolute atomic E-state index is 0.148. The summed E-state index contributed by atoms with van der Waals surface area (Å²) in [6, 6.07) is 4.66. The maximum atomic E-state index is 14.4. The van der Waals surface area contributed by atoms with Crippen LogP contribution < -0.4 is 10.6 Å². The Labute approximate surface area is 278 Å². The highest BCUT2D eigenvalue weighted by atomic mass is 35.5. The van der Waals surface area contributed by atoms with Crippen LogP contribution in [0.2, 0.25) is 30.7 Å². The number of hydrogen-bond donors (Lipinski definition) is 2. The van der Waals surface area contributed by atoms with Gasteiger partial charge in [0.25, 0.3) is 0 Å². The van der Waals surface area contributed by atoms with E-state index in [4.69, 9.17) is 25.8 Å². The van der Waals surface area contributed by atoms with Gasteiger partial charge in [0.2, 0.25) is 0 Å². The molecule has 2 aliphatic heterocycles. The highest BCUT2D eigenvalue weighted by Crippen LogP contribution is 2.34. The molecule has 0 bridgehead atoms. The first-order valence-electron chi connectivity index (χ1n) is 16.2. The molecule has 2 N–H and O–H groups in total. The molecule has 14 heteroatoms. The zero-order valence-corrected chi connectivity index (χ0v) is 29.7. The van der Waals surface area contributed by atoms with Crippen LogP contribution in [0.5, 0.6) is 0 Å². The number of amides is 4. The topological polar surface area (TPSA) is 119 Å². The van der Waals surface area contributed by atoms with Crippen LogP contribution in [0.4, 0.5) is 18.8 Å². The van der Waals surface area contributed by atoms with Crippen LogP contribution in [0.3, 0.4) is 0 Å². The van der Waals surface area contributed by atoms with Gasteiger partial charge in [-0.1, -0.05) is 31.2 Å². The highest BCUT2D eigenvalue weighted by molar-refractivity contribution is 6.76. The van der Waals surface area contributed by atoms with E-state index in [2.05, 4.69) is 35.0 Å². The standard InChI is InChI=1S/C32H52ClFN4O7Si/c1-37(32(41)45-14-15-46(3,4)5)21-28(16-23-8-7-12-43-22-23)36-30(39)38-11-6-9-24(20-38)29(44-13-10-35-31(40)42-2)25-17-26(33)19-27(34)18-25/h17-19,23-24,28-29H,6-16,20-22H2,1-5H3,(H,35,40)(H,36,39)/t23-,24-,28+,29-/m1/s1. The van der Waals surface area contributed by atoms with Crippen molar-refractivity contribution < 1.29 is 37.7 Å². The molecule has 2 fully saturated rings. The molecule has 1 aromatic carbocycles. The number of urea groups is 1. The fourth-order valence-electron chi connectivity index (χ4n) is 5.90. The monoisotopic (exact) mass is 686 g/mol. The maximum absolute atomic E-state index is 14.4. The summed E-state index contributed by atoms with van der Waals surface area (Å²) in [5.41, 5.74) is 0.569. The summed E-state index contributed by atoms with van der Waals surface area (Å²) in [5, 5.41) is 6.03. The van der Waals surface area contributed by atoms with Crippen molar-refractivity contribution in [3.8, 4) is 0 Å². The average Bonchev–Trinajstić information content (AvgIpc) is 3.00. The van der Waals surface area contributed by atoms with Gasteiger partial charge < -0.3 is 39.4 Å². The van der Waals surface area contributed by atoms with Gasteiger partial charge in [-0.25, -0.2) is 18.8 Å². The lowest BCUT2D eigenvalue weighted by Crippen LogP contribution is -2.53. The fraction of sp³-hybridized carbons (Fsp3) is 0.719. The van der Waals surface area contributed by atoms with Crippen molar-refractivity contribution in [3.05, 3.63) is 34.6 Å². The van der Waals surface area contributed by atoms with Crippen molar-refractivity contribution in [3.63, 3.8) is 0 Å². The molecule has 0 aliphatic carbocycles. The molecule has 4 amide bonds. The Morgan fingerprint density at radius 3 is 2.63 bits per heavy atom. The molecule has 0 spiro atoms. The quantitative estimate of drug-likeness (QED) is 0.185. The number of alkyl carbamates (subject to hydrolysis) is 1. The molecule has 2 aliphatic rings. The van der Waals surface area contributed by atoms with E-state index < -0.39 is 32.2 Å². The van der Waals surface area contributed by atoms with Gasteiger partial charge in [0, 0.05) is 71.5 Å². The van der Waals surface area contributed by atoms with Crippen LogP contribution in [-0.4, -0.2) is 109 Å². The van der Waals surface area contributed by atoms with Gasteiger partial charge in [0.1, 0.15) is 5.82 Å². The van der Waals surface area contributed by atoms with E-state index in [0.29, 0.717) is 44.8 Å².